The van der Waals surface area contributed by atoms with Gasteiger partial charge < -0.3 is 10.3 Å². The van der Waals surface area contributed by atoms with E-state index in [0.29, 0.717) is 23.7 Å². The molecule has 3 aromatic rings. The summed E-state index contributed by atoms with van der Waals surface area (Å²) in [6, 6.07) is 11.3. The summed E-state index contributed by atoms with van der Waals surface area (Å²) in [4.78, 5) is 7.87. The summed E-state index contributed by atoms with van der Waals surface area (Å²) in [5.74, 6) is 1.88. The number of hydrogen-bond donors (Lipinski definition) is 2. The zero-order valence-electron chi connectivity index (χ0n) is 14.7. The second-order valence-corrected chi connectivity index (χ2v) is 8.23. The van der Waals surface area contributed by atoms with Gasteiger partial charge in [0.25, 0.3) is 0 Å². The summed E-state index contributed by atoms with van der Waals surface area (Å²) >= 11 is 0. The molecule has 5 atom stereocenters. The molecule has 0 amide bonds. The van der Waals surface area contributed by atoms with E-state index in [1.165, 1.54) is 30.9 Å². The number of benzene rings is 2. The molecular weight excluding hydrogens is 339 g/mol. The Hall–Kier alpha value is -2.87. The highest BCUT2D eigenvalue weighted by atomic mass is 19.1. The minimum atomic E-state index is -0.444. The monoisotopic (exact) mass is 358 g/mol. The Morgan fingerprint density at radius 3 is 2.93 bits per heavy atom. The highest BCUT2D eigenvalue weighted by Gasteiger charge is 2.54. The lowest BCUT2D eigenvalue weighted by Gasteiger charge is -2.43. The lowest BCUT2D eigenvalue weighted by Crippen LogP contribution is -2.35. The first-order valence-electron chi connectivity index (χ1n) is 9.66. The molecule has 0 saturated heterocycles. The van der Waals surface area contributed by atoms with E-state index < -0.39 is 5.82 Å². The molecule has 2 N–H and O–H groups in total. The van der Waals surface area contributed by atoms with Gasteiger partial charge in [0.05, 0.1) is 29.0 Å². The molecule has 2 aliphatic carbocycles. The first kappa shape index (κ1) is 15.2. The van der Waals surface area contributed by atoms with Crippen LogP contribution in [-0.2, 0) is 0 Å². The van der Waals surface area contributed by atoms with Crippen LogP contribution in [-0.4, -0.2) is 9.97 Å². The smallest absolute Gasteiger partial charge is 0.140 e. The van der Waals surface area contributed by atoms with Crippen LogP contribution in [0.1, 0.15) is 47.9 Å². The summed E-state index contributed by atoms with van der Waals surface area (Å²) < 4.78 is 13.9. The predicted molar refractivity (Wildman–Crippen MR) is 101 cm³/mol. The number of nitriles is 1. The Balaban J connectivity index is 1.55. The molecule has 134 valence electrons. The van der Waals surface area contributed by atoms with Crippen LogP contribution in [0.15, 0.2) is 36.7 Å². The summed E-state index contributed by atoms with van der Waals surface area (Å²) in [6.45, 7) is 0. The third kappa shape index (κ3) is 1.98. The normalized spacial score (nSPS) is 30.6. The van der Waals surface area contributed by atoms with Gasteiger partial charge in [-0.2, -0.15) is 5.26 Å². The van der Waals surface area contributed by atoms with Gasteiger partial charge in [0.15, 0.2) is 0 Å². The Morgan fingerprint density at radius 1 is 1.15 bits per heavy atom. The molecule has 6 rings (SSSR count). The molecule has 1 unspecified atom stereocenters. The topological polar surface area (TPSA) is 64.5 Å². The Morgan fingerprint density at radius 2 is 2.04 bits per heavy atom. The van der Waals surface area contributed by atoms with Crippen molar-refractivity contribution in [2.24, 2.45) is 17.8 Å². The van der Waals surface area contributed by atoms with Crippen molar-refractivity contribution in [3.05, 3.63) is 59.2 Å². The molecule has 1 aliphatic heterocycles. The molecule has 2 fully saturated rings. The molecule has 2 saturated carbocycles. The van der Waals surface area contributed by atoms with Gasteiger partial charge in [-0.1, -0.05) is 6.07 Å². The van der Waals surface area contributed by atoms with Gasteiger partial charge in [-0.3, -0.25) is 0 Å². The van der Waals surface area contributed by atoms with Crippen molar-refractivity contribution in [1.29, 1.82) is 5.26 Å². The van der Waals surface area contributed by atoms with E-state index in [4.69, 9.17) is 0 Å². The average Bonchev–Trinajstić information content (AvgIpc) is 3.43. The summed E-state index contributed by atoms with van der Waals surface area (Å²) in [6.07, 6.45) is 5.59. The van der Waals surface area contributed by atoms with E-state index >= 15 is 0 Å². The maximum atomic E-state index is 13.9. The lowest BCUT2D eigenvalue weighted by molar-refractivity contribution is 0.248. The van der Waals surface area contributed by atoms with Gasteiger partial charge in [0.2, 0.25) is 0 Å². The third-order valence-electron chi connectivity index (χ3n) is 7.11. The van der Waals surface area contributed by atoms with Crippen molar-refractivity contribution in [3.63, 3.8) is 0 Å². The molecule has 2 bridgehead atoms. The first-order valence-corrected chi connectivity index (χ1v) is 9.66. The van der Waals surface area contributed by atoms with Gasteiger partial charge in [0, 0.05) is 11.3 Å². The second-order valence-electron chi connectivity index (χ2n) is 8.23. The number of hydrogen-bond acceptors (Lipinski definition) is 3. The zero-order valence-corrected chi connectivity index (χ0v) is 14.7. The Labute approximate surface area is 156 Å². The van der Waals surface area contributed by atoms with E-state index in [2.05, 4.69) is 27.4 Å². The van der Waals surface area contributed by atoms with Crippen LogP contribution < -0.4 is 5.32 Å². The zero-order chi connectivity index (χ0) is 18.1. The number of halogens is 1. The van der Waals surface area contributed by atoms with Crippen LogP contribution in [0.3, 0.4) is 0 Å². The van der Waals surface area contributed by atoms with E-state index in [1.54, 1.807) is 12.4 Å². The summed E-state index contributed by atoms with van der Waals surface area (Å²) in [5, 5.41) is 13.0. The van der Waals surface area contributed by atoms with Crippen molar-refractivity contribution in [2.45, 2.75) is 31.2 Å². The number of imidazole rings is 1. The maximum absolute atomic E-state index is 13.9. The SMILES string of the molecule is N#Cc1cc([C@@H]2Nc3ccc4[nH]cnc4c3[C@H]3C4CC[C@@H](C4)[C@@H]23)ccc1F. The van der Waals surface area contributed by atoms with Crippen molar-refractivity contribution in [2.75, 3.05) is 5.32 Å². The van der Waals surface area contributed by atoms with E-state index in [1.807, 2.05) is 12.1 Å². The number of nitrogens with one attached hydrogen (secondary N) is 2. The number of H-pyrrole nitrogens is 1. The molecule has 1 aromatic heterocycles. The third-order valence-corrected chi connectivity index (χ3v) is 7.11. The predicted octanol–water partition coefficient (Wildman–Crippen LogP) is 4.87. The molecule has 0 radical (unpaired) electrons. The average molecular weight is 358 g/mol. The largest absolute Gasteiger partial charge is 0.378 e. The van der Waals surface area contributed by atoms with Gasteiger partial charge in [0.1, 0.15) is 11.9 Å². The maximum Gasteiger partial charge on any atom is 0.140 e. The number of aromatic amines is 1. The van der Waals surface area contributed by atoms with Gasteiger partial charge in [-0.15, -0.1) is 0 Å². The highest BCUT2D eigenvalue weighted by Crippen LogP contribution is 2.64. The Bertz CT molecular complexity index is 1110. The molecule has 0 spiro atoms. The summed E-state index contributed by atoms with van der Waals surface area (Å²) in [5.41, 5.74) is 5.80. The number of fused-ring (bicyclic) bond motifs is 9. The standard InChI is InChI=1S/C22H19FN4/c23-15-4-3-13(8-14(15)9-24)21-19-12-2-1-11(7-12)18(19)20-16(27-21)5-6-17-22(20)26-10-25-17/h3-6,8,10-12,18-19,21,27H,1-2,7H2,(H,25,26)/t11?,12-,18-,19+,21-/m0/s1. The van der Waals surface area contributed by atoms with Crippen LogP contribution in [0.2, 0.25) is 0 Å². The molecule has 5 heteroatoms. The van der Waals surface area contributed by atoms with Crippen LogP contribution in [0, 0.1) is 34.9 Å². The first-order chi connectivity index (χ1) is 13.2. The van der Waals surface area contributed by atoms with Crippen LogP contribution in [0.5, 0.6) is 0 Å². The fraction of sp³-hybridized carbons (Fsp3) is 0.364. The number of rotatable bonds is 1. The quantitative estimate of drug-likeness (QED) is 0.652. The van der Waals surface area contributed by atoms with Crippen LogP contribution in [0.25, 0.3) is 11.0 Å². The fourth-order valence-corrected chi connectivity index (χ4v) is 6.13. The van der Waals surface area contributed by atoms with E-state index in [-0.39, 0.29) is 11.6 Å². The molecular formula is C22H19FN4. The Kier molecular flexibility index (Phi) is 3.00. The minimum absolute atomic E-state index is 0.113. The molecule has 4 nitrogen and oxygen atoms in total. The van der Waals surface area contributed by atoms with Crippen molar-refractivity contribution >= 4 is 16.7 Å². The molecule has 2 aromatic carbocycles. The molecule has 2 heterocycles. The summed E-state index contributed by atoms with van der Waals surface area (Å²) in [7, 11) is 0. The molecule has 27 heavy (non-hydrogen) atoms. The highest BCUT2D eigenvalue weighted by molar-refractivity contribution is 5.86. The fourth-order valence-electron chi connectivity index (χ4n) is 6.13. The number of aromatic nitrogens is 2. The number of anilines is 1. The van der Waals surface area contributed by atoms with Gasteiger partial charge in [-0.25, -0.2) is 9.37 Å². The van der Waals surface area contributed by atoms with Gasteiger partial charge >= 0.3 is 0 Å². The molecule has 3 aliphatic rings. The second kappa shape index (κ2) is 5.32. The van der Waals surface area contributed by atoms with E-state index in [0.717, 1.165) is 22.3 Å². The number of nitrogens with zero attached hydrogens (tertiary/aromatic N) is 2. The minimum Gasteiger partial charge on any atom is -0.378 e. The van der Waals surface area contributed by atoms with Gasteiger partial charge in [-0.05, 0) is 72.8 Å². The lowest BCUT2D eigenvalue weighted by atomic mass is 9.67. The van der Waals surface area contributed by atoms with E-state index in [9.17, 15) is 9.65 Å². The van der Waals surface area contributed by atoms with Crippen LogP contribution in [0.4, 0.5) is 10.1 Å². The van der Waals surface area contributed by atoms with Crippen molar-refractivity contribution in [1.82, 2.24) is 9.97 Å². The van der Waals surface area contributed by atoms with Crippen LogP contribution >= 0.6 is 0 Å². The van der Waals surface area contributed by atoms with Crippen molar-refractivity contribution < 1.29 is 4.39 Å². The van der Waals surface area contributed by atoms with Crippen molar-refractivity contribution in [3.8, 4) is 6.07 Å².